The second-order valence-electron chi connectivity index (χ2n) is 3.11. The van der Waals surface area contributed by atoms with Gasteiger partial charge < -0.3 is 5.11 Å². The number of nitrogens with zero attached hydrogens (tertiary/aromatic N) is 2. The van der Waals surface area contributed by atoms with Gasteiger partial charge >= 0.3 is 5.97 Å². The molecule has 0 amide bonds. The Morgan fingerprint density at radius 2 is 2.38 bits per heavy atom. The molecule has 5 heteroatoms. The van der Waals surface area contributed by atoms with Gasteiger partial charge in [0, 0.05) is 6.20 Å². The lowest BCUT2D eigenvalue weighted by Gasteiger charge is -1.99. The quantitative estimate of drug-likeness (QED) is 0.886. The number of carboxylic acids is 1. The zero-order chi connectivity index (χ0) is 10.0. The van der Waals surface area contributed by atoms with Gasteiger partial charge in [0.25, 0.3) is 0 Å². The van der Waals surface area contributed by atoms with Gasteiger partial charge in [-0.1, -0.05) is 13.8 Å². The molecule has 1 rings (SSSR count). The van der Waals surface area contributed by atoms with E-state index in [1.165, 1.54) is 4.68 Å². The summed E-state index contributed by atoms with van der Waals surface area (Å²) in [6.45, 7) is 3.93. The second kappa shape index (κ2) is 3.91. The van der Waals surface area contributed by atoms with E-state index in [9.17, 15) is 4.79 Å². The van der Waals surface area contributed by atoms with Crippen molar-refractivity contribution in [2.45, 2.75) is 26.3 Å². The lowest BCUT2D eigenvalue weighted by Crippen LogP contribution is -2.09. The third-order valence-corrected chi connectivity index (χ3v) is 2.20. The van der Waals surface area contributed by atoms with Crippen molar-refractivity contribution in [1.29, 1.82) is 0 Å². The smallest absolute Gasteiger partial charge is 0.325 e. The molecule has 0 saturated carbocycles. The summed E-state index contributed by atoms with van der Waals surface area (Å²) in [6.07, 6.45) is 1.68. The average molecular weight is 247 g/mol. The van der Waals surface area contributed by atoms with Crippen LogP contribution in [-0.4, -0.2) is 20.9 Å². The molecule has 0 radical (unpaired) electrons. The molecule has 0 aliphatic rings. The zero-order valence-electron chi connectivity index (χ0n) is 7.49. The van der Waals surface area contributed by atoms with Crippen molar-refractivity contribution in [3.63, 3.8) is 0 Å². The van der Waals surface area contributed by atoms with Crippen molar-refractivity contribution < 1.29 is 9.90 Å². The molecule has 0 aromatic carbocycles. The minimum absolute atomic E-state index is 0.0919. The van der Waals surface area contributed by atoms with Gasteiger partial charge in [-0.3, -0.25) is 9.48 Å². The van der Waals surface area contributed by atoms with Gasteiger partial charge in [-0.25, -0.2) is 0 Å². The molecular formula is C8H11BrN2O2. The second-order valence-corrected chi connectivity index (χ2v) is 3.96. The van der Waals surface area contributed by atoms with Crippen molar-refractivity contribution in [1.82, 2.24) is 9.78 Å². The molecular weight excluding hydrogens is 236 g/mol. The van der Waals surface area contributed by atoms with E-state index >= 15 is 0 Å². The van der Waals surface area contributed by atoms with E-state index in [2.05, 4.69) is 21.0 Å². The molecule has 0 atom stereocenters. The molecule has 0 bridgehead atoms. The summed E-state index contributed by atoms with van der Waals surface area (Å²) in [6, 6.07) is 0. The predicted octanol–water partition coefficient (Wildman–Crippen LogP) is 1.85. The number of hydrogen-bond acceptors (Lipinski definition) is 2. The monoisotopic (exact) mass is 246 g/mol. The predicted molar refractivity (Wildman–Crippen MR) is 51.7 cm³/mol. The number of aromatic nitrogens is 2. The van der Waals surface area contributed by atoms with Crippen molar-refractivity contribution in [2.24, 2.45) is 0 Å². The van der Waals surface area contributed by atoms with Gasteiger partial charge in [0.1, 0.15) is 6.54 Å². The first-order chi connectivity index (χ1) is 6.00. The Labute approximate surface area is 84.7 Å². The van der Waals surface area contributed by atoms with Crippen molar-refractivity contribution in [2.75, 3.05) is 0 Å². The van der Waals surface area contributed by atoms with Crippen LogP contribution in [0.25, 0.3) is 0 Å². The number of carbonyl (C=O) groups is 1. The molecule has 0 spiro atoms. The highest BCUT2D eigenvalue weighted by molar-refractivity contribution is 9.10. The van der Waals surface area contributed by atoms with Gasteiger partial charge in [-0.15, -0.1) is 0 Å². The Morgan fingerprint density at radius 1 is 1.77 bits per heavy atom. The molecule has 13 heavy (non-hydrogen) atoms. The fraction of sp³-hybridized carbons (Fsp3) is 0.500. The lowest BCUT2D eigenvalue weighted by molar-refractivity contribution is -0.137. The van der Waals surface area contributed by atoms with E-state index in [1.54, 1.807) is 6.20 Å². The molecule has 72 valence electrons. The SMILES string of the molecule is CC(C)c1nn(CC(=O)O)cc1Br. The van der Waals surface area contributed by atoms with Gasteiger partial charge in [0.2, 0.25) is 0 Å². The van der Waals surface area contributed by atoms with Crippen LogP contribution in [0.1, 0.15) is 25.5 Å². The van der Waals surface area contributed by atoms with Crippen LogP contribution >= 0.6 is 15.9 Å². The Balaban J connectivity index is 2.88. The maximum absolute atomic E-state index is 10.4. The first-order valence-electron chi connectivity index (χ1n) is 3.95. The summed E-state index contributed by atoms with van der Waals surface area (Å²) in [5.74, 6) is -0.588. The molecule has 0 saturated heterocycles. The van der Waals surface area contributed by atoms with E-state index in [0.717, 1.165) is 10.2 Å². The normalized spacial score (nSPS) is 10.8. The van der Waals surface area contributed by atoms with E-state index in [4.69, 9.17) is 5.11 Å². The molecule has 0 aliphatic carbocycles. The summed E-state index contributed by atoms with van der Waals surface area (Å²) in [4.78, 5) is 10.4. The molecule has 0 fully saturated rings. The third kappa shape index (κ3) is 2.55. The number of halogens is 1. The first kappa shape index (κ1) is 10.2. The van der Waals surface area contributed by atoms with E-state index in [0.29, 0.717) is 5.92 Å². The minimum atomic E-state index is -0.884. The van der Waals surface area contributed by atoms with Crippen LogP contribution in [0.3, 0.4) is 0 Å². The maximum Gasteiger partial charge on any atom is 0.325 e. The highest BCUT2D eigenvalue weighted by Crippen LogP contribution is 2.22. The van der Waals surface area contributed by atoms with Gasteiger partial charge in [0.05, 0.1) is 10.2 Å². The highest BCUT2D eigenvalue weighted by atomic mass is 79.9. The third-order valence-electron chi connectivity index (χ3n) is 1.59. The molecule has 1 N–H and O–H groups in total. The van der Waals surface area contributed by atoms with Crippen LogP contribution in [-0.2, 0) is 11.3 Å². The number of hydrogen-bond donors (Lipinski definition) is 1. The zero-order valence-corrected chi connectivity index (χ0v) is 9.08. The molecule has 0 unspecified atom stereocenters. The van der Waals surface area contributed by atoms with Gasteiger partial charge in [-0.05, 0) is 21.8 Å². The Morgan fingerprint density at radius 3 is 2.77 bits per heavy atom. The number of rotatable bonds is 3. The fourth-order valence-corrected chi connectivity index (χ4v) is 1.80. The lowest BCUT2D eigenvalue weighted by atomic mass is 10.1. The molecule has 1 aromatic heterocycles. The number of aliphatic carboxylic acids is 1. The average Bonchev–Trinajstić information content (AvgIpc) is 2.29. The van der Waals surface area contributed by atoms with Gasteiger partial charge in [0.15, 0.2) is 0 Å². The maximum atomic E-state index is 10.4. The Bertz CT molecular complexity index is 320. The van der Waals surface area contributed by atoms with Crippen molar-refractivity contribution in [3.05, 3.63) is 16.4 Å². The summed E-state index contributed by atoms with van der Waals surface area (Å²) in [5, 5.41) is 12.7. The fourth-order valence-electron chi connectivity index (χ4n) is 1.02. The topological polar surface area (TPSA) is 55.1 Å². The highest BCUT2D eigenvalue weighted by Gasteiger charge is 2.11. The van der Waals surface area contributed by atoms with E-state index < -0.39 is 5.97 Å². The number of carboxylic acid groups (broad SMARTS) is 1. The Hall–Kier alpha value is -0.840. The summed E-state index contributed by atoms with van der Waals surface area (Å²) < 4.78 is 2.28. The molecule has 4 nitrogen and oxygen atoms in total. The largest absolute Gasteiger partial charge is 0.480 e. The van der Waals surface area contributed by atoms with Crippen molar-refractivity contribution >= 4 is 21.9 Å². The van der Waals surface area contributed by atoms with Crippen molar-refractivity contribution in [3.8, 4) is 0 Å². The molecule has 0 aliphatic heterocycles. The van der Waals surface area contributed by atoms with E-state index in [-0.39, 0.29) is 6.54 Å². The standard InChI is InChI=1S/C8H11BrN2O2/c1-5(2)8-6(9)3-11(10-8)4-7(12)13/h3,5H,4H2,1-2H3,(H,12,13). The molecule has 1 heterocycles. The minimum Gasteiger partial charge on any atom is -0.480 e. The molecule has 1 aromatic rings. The van der Waals surface area contributed by atoms with Crippen LogP contribution in [0, 0.1) is 0 Å². The van der Waals surface area contributed by atoms with Crippen LogP contribution in [0.5, 0.6) is 0 Å². The summed E-state index contributed by atoms with van der Waals surface area (Å²) in [7, 11) is 0. The van der Waals surface area contributed by atoms with Gasteiger partial charge in [-0.2, -0.15) is 5.10 Å². The van der Waals surface area contributed by atoms with Crippen LogP contribution in [0.4, 0.5) is 0 Å². The summed E-state index contributed by atoms with van der Waals surface area (Å²) in [5.41, 5.74) is 0.890. The Kier molecular flexibility index (Phi) is 3.08. The van der Waals surface area contributed by atoms with Crippen LogP contribution < -0.4 is 0 Å². The first-order valence-corrected chi connectivity index (χ1v) is 4.74. The van der Waals surface area contributed by atoms with Crippen LogP contribution in [0.15, 0.2) is 10.7 Å². The van der Waals surface area contributed by atoms with E-state index in [1.807, 2.05) is 13.8 Å². The van der Waals surface area contributed by atoms with Crippen LogP contribution in [0.2, 0.25) is 0 Å². The summed E-state index contributed by atoms with van der Waals surface area (Å²) >= 11 is 3.33.